The van der Waals surface area contributed by atoms with Crippen LogP contribution >= 0.6 is 0 Å². The number of hydrogen-bond acceptors (Lipinski definition) is 5. The zero-order valence-corrected chi connectivity index (χ0v) is 16.2. The molecule has 0 amide bonds. The third-order valence-electron chi connectivity index (χ3n) is 5.51. The molecule has 1 saturated carbocycles. The van der Waals surface area contributed by atoms with Gasteiger partial charge in [0, 0.05) is 11.6 Å². The van der Waals surface area contributed by atoms with Gasteiger partial charge < -0.3 is 14.2 Å². The van der Waals surface area contributed by atoms with Crippen molar-refractivity contribution in [1.82, 2.24) is 19.7 Å². The number of nitrogens with zero attached hydrogens (tertiary/aromatic N) is 3. The fourth-order valence-electron chi connectivity index (χ4n) is 4.07. The van der Waals surface area contributed by atoms with Crippen LogP contribution in [0.5, 0.6) is 5.75 Å². The van der Waals surface area contributed by atoms with Gasteiger partial charge >= 0.3 is 5.69 Å². The van der Waals surface area contributed by atoms with Gasteiger partial charge in [0.2, 0.25) is 5.82 Å². The zero-order valence-electron chi connectivity index (χ0n) is 16.2. The molecular weight excluding hydrogens is 368 g/mol. The maximum Gasteiger partial charge on any atom is 0.326 e. The highest BCUT2D eigenvalue weighted by atomic mass is 16.5. The van der Waals surface area contributed by atoms with Crippen LogP contribution in [0.3, 0.4) is 0 Å². The summed E-state index contributed by atoms with van der Waals surface area (Å²) in [5, 5.41) is 4.10. The van der Waals surface area contributed by atoms with Gasteiger partial charge in [-0.3, -0.25) is 4.57 Å². The Balaban J connectivity index is 1.42. The number of imidazole rings is 1. The summed E-state index contributed by atoms with van der Waals surface area (Å²) in [5.41, 5.74) is 2.46. The summed E-state index contributed by atoms with van der Waals surface area (Å²) < 4.78 is 13.2. The van der Waals surface area contributed by atoms with Gasteiger partial charge in [-0.05, 0) is 50.1 Å². The van der Waals surface area contributed by atoms with Crippen LogP contribution in [0.4, 0.5) is 0 Å². The van der Waals surface area contributed by atoms with Crippen molar-refractivity contribution in [2.45, 2.75) is 44.8 Å². The van der Waals surface area contributed by atoms with Gasteiger partial charge in [-0.2, -0.15) is 4.98 Å². The Morgan fingerprint density at radius 1 is 1.17 bits per heavy atom. The van der Waals surface area contributed by atoms with Crippen LogP contribution in [0.2, 0.25) is 0 Å². The number of ether oxygens (including phenoxy) is 1. The normalized spacial score (nSPS) is 15.8. The second-order valence-electron chi connectivity index (χ2n) is 7.50. The SMILES string of the molecule is CC(Oc1ccccc1)c1nc(-c2ccc3c(c2)[nH]c(=O)n3C2CCCC2)no1. The quantitative estimate of drug-likeness (QED) is 0.537. The third-order valence-corrected chi connectivity index (χ3v) is 5.51. The first-order valence-corrected chi connectivity index (χ1v) is 9.99. The van der Waals surface area contributed by atoms with E-state index in [0.29, 0.717) is 11.7 Å². The summed E-state index contributed by atoms with van der Waals surface area (Å²) in [4.78, 5) is 19.9. The third kappa shape index (κ3) is 3.33. The number of rotatable bonds is 5. The lowest BCUT2D eigenvalue weighted by Crippen LogP contribution is -2.20. The monoisotopic (exact) mass is 390 g/mol. The van der Waals surface area contributed by atoms with E-state index < -0.39 is 0 Å². The molecule has 1 unspecified atom stereocenters. The Morgan fingerprint density at radius 2 is 1.97 bits per heavy atom. The van der Waals surface area contributed by atoms with Crippen LogP contribution in [0.1, 0.15) is 50.6 Å². The standard InChI is InChI=1S/C22H22N4O3/c1-14(28-17-9-3-2-4-10-17)21-24-20(25-29-21)15-11-12-19-18(13-15)23-22(27)26(19)16-7-5-6-8-16/h2-4,9-14,16H,5-8H2,1H3,(H,23,27). The zero-order chi connectivity index (χ0) is 19.8. The average molecular weight is 390 g/mol. The number of aromatic amines is 1. The number of benzene rings is 2. The van der Waals surface area contributed by atoms with E-state index in [2.05, 4.69) is 15.1 Å². The molecule has 1 aliphatic carbocycles. The lowest BCUT2D eigenvalue weighted by Gasteiger charge is -2.11. The second-order valence-corrected chi connectivity index (χ2v) is 7.50. The molecule has 1 N–H and O–H groups in total. The first-order valence-electron chi connectivity index (χ1n) is 9.99. The second kappa shape index (κ2) is 7.24. The van der Waals surface area contributed by atoms with Crippen molar-refractivity contribution in [3.63, 3.8) is 0 Å². The van der Waals surface area contributed by atoms with Crippen LogP contribution in [-0.2, 0) is 0 Å². The van der Waals surface area contributed by atoms with Gasteiger partial charge in [0.1, 0.15) is 5.75 Å². The predicted molar refractivity (Wildman–Crippen MR) is 109 cm³/mol. The molecule has 0 radical (unpaired) electrons. The number of fused-ring (bicyclic) bond motifs is 1. The van der Waals surface area contributed by atoms with E-state index in [4.69, 9.17) is 9.26 Å². The molecule has 0 spiro atoms. The highest BCUT2D eigenvalue weighted by Crippen LogP contribution is 2.31. The number of aromatic nitrogens is 4. The molecule has 2 aromatic carbocycles. The Morgan fingerprint density at radius 3 is 2.76 bits per heavy atom. The van der Waals surface area contributed by atoms with Crippen LogP contribution in [0.25, 0.3) is 22.4 Å². The Kier molecular flexibility index (Phi) is 4.42. The fraction of sp³-hybridized carbons (Fsp3) is 0.318. The molecule has 2 aromatic heterocycles. The number of H-pyrrole nitrogens is 1. The van der Waals surface area contributed by atoms with Crippen molar-refractivity contribution < 1.29 is 9.26 Å². The van der Waals surface area contributed by atoms with Crippen molar-refractivity contribution in [1.29, 1.82) is 0 Å². The molecule has 0 aliphatic heterocycles. The highest BCUT2D eigenvalue weighted by Gasteiger charge is 2.22. The van der Waals surface area contributed by atoms with Gasteiger partial charge in [0.25, 0.3) is 5.89 Å². The van der Waals surface area contributed by atoms with Crippen molar-refractivity contribution >= 4 is 11.0 Å². The first kappa shape index (κ1) is 17.7. The van der Waals surface area contributed by atoms with E-state index >= 15 is 0 Å². The number of nitrogens with one attached hydrogen (secondary N) is 1. The highest BCUT2D eigenvalue weighted by molar-refractivity contribution is 5.80. The molecule has 1 atom stereocenters. The molecule has 1 fully saturated rings. The lowest BCUT2D eigenvalue weighted by atomic mass is 10.1. The topological polar surface area (TPSA) is 85.9 Å². The summed E-state index contributed by atoms with van der Waals surface area (Å²) in [6, 6.07) is 15.6. The maximum absolute atomic E-state index is 12.5. The molecule has 148 valence electrons. The number of hydrogen-bond donors (Lipinski definition) is 1. The van der Waals surface area contributed by atoms with Crippen molar-refractivity contribution in [3.05, 3.63) is 64.9 Å². The molecule has 1 aliphatic rings. The van der Waals surface area contributed by atoms with Gasteiger partial charge in [-0.15, -0.1) is 0 Å². The Labute approximate surface area is 167 Å². The van der Waals surface area contributed by atoms with Crippen molar-refractivity contribution in [3.8, 4) is 17.1 Å². The van der Waals surface area contributed by atoms with Gasteiger partial charge in [-0.25, -0.2) is 4.79 Å². The van der Waals surface area contributed by atoms with Crippen molar-refractivity contribution in [2.75, 3.05) is 0 Å². The minimum atomic E-state index is -0.370. The molecule has 4 aromatic rings. The van der Waals surface area contributed by atoms with E-state index in [-0.39, 0.29) is 17.8 Å². The minimum Gasteiger partial charge on any atom is -0.481 e. The average Bonchev–Trinajstić information content (AvgIpc) is 3.47. The molecule has 0 saturated heterocycles. The molecule has 7 nitrogen and oxygen atoms in total. The maximum atomic E-state index is 12.5. The van der Waals surface area contributed by atoms with E-state index in [1.54, 1.807) is 0 Å². The molecule has 7 heteroatoms. The van der Waals surface area contributed by atoms with E-state index in [9.17, 15) is 4.79 Å². The Bertz CT molecular complexity index is 1190. The molecule has 5 rings (SSSR count). The van der Waals surface area contributed by atoms with E-state index in [1.165, 1.54) is 12.8 Å². The summed E-state index contributed by atoms with van der Waals surface area (Å²) in [6.07, 6.45) is 4.10. The first-order chi connectivity index (χ1) is 14.2. The Hall–Kier alpha value is -3.35. The van der Waals surface area contributed by atoms with Crippen LogP contribution in [-0.4, -0.2) is 19.7 Å². The largest absolute Gasteiger partial charge is 0.481 e. The van der Waals surface area contributed by atoms with E-state index in [0.717, 1.165) is 35.2 Å². The lowest BCUT2D eigenvalue weighted by molar-refractivity contribution is 0.176. The van der Waals surface area contributed by atoms with Crippen LogP contribution in [0.15, 0.2) is 57.8 Å². The van der Waals surface area contributed by atoms with Gasteiger partial charge in [0.05, 0.1) is 11.0 Å². The van der Waals surface area contributed by atoms with Crippen molar-refractivity contribution in [2.24, 2.45) is 0 Å². The van der Waals surface area contributed by atoms with E-state index in [1.807, 2.05) is 60.0 Å². The van der Waals surface area contributed by atoms with Crippen LogP contribution in [0, 0.1) is 0 Å². The summed E-state index contributed by atoms with van der Waals surface area (Å²) in [7, 11) is 0. The molecule has 0 bridgehead atoms. The summed E-state index contributed by atoms with van der Waals surface area (Å²) in [6.45, 7) is 1.87. The summed E-state index contributed by atoms with van der Waals surface area (Å²) >= 11 is 0. The predicted octanol–water partition coefficient (Wildman–Crippen LogP) is 4.63. The summed E-state index contributed by atoms with van der Waals surface area (Å²) in [5.74, 6) is 1.62. The molecular formula is C22H22N4O3. The van der Waals surface area contributed by atoms with Gasteiger partial charge in [0.15, 0.2) is 6.10 Å². The fourth-order valence-corrected chi connectivity index (χ4v) is 4.07. The van der Waals surface area contributed by atoms with Gasteiger partial charge in [-0.1, -0.05) is 36.2 Å². The van der Waals surface area contributed by atoms with Crippen LogP contribution < -0.4 is 10.4 Å². The molecule has 2 heterocycles. The molecule has 29 heavy (non-hydrogen) atoms. The smallest absolute Gasteiger partial charge is 0.326 e. The number of para-hydroxylation sites is 1. The minimum absolute atomic E-state index is 0.0530.